The van der Waals surface area contributed by atoms with Gasteiger partial charge in [-0.05, 0) is 30.9 Å². The summed E-state index contributed by atoms with van der Waals surface area (Å²) in [6.07, 6.45) is 0. The number of rotatable bonds is 3. The van der Waals surface area contributed by atoms with Crippen LogP contribution in [0.15, 0.2) is 11.4 Å². The van der Waals surface area contributed by atoms with Gasteiger partial charge in [-0.1, -0.05) is 0 Å². The lowest BCUT2D eigenvalue weighted by molar-refractivity contribution is -0.131. The van der Waals surface area contributed by atoms with E-state index < -0.39 is 6.04 Å². The largest absolute Gasteiger partial charge is 0.339 e. The zero-order valence-electron chi connectivity index (χ0n) is 8.78. The fraction of sp³-hybridized carbons (Fsp3) is 0.500. The van der Waals surface area contributed by atoms with Gasteiger partial charge in [-0.2, -0.15) is 0 Å². The second kappa shape index (κ2) is 4.57. The minimum atomic E-state index is -0.416. The maximum Gasteiger partial charge on any atom is 0.239 e. The number of likely N-dealkylation sites (N-methyl/N-ethyl adjacent to an activating group) is 1. The number of amides is 1. The standard InChI is InChI=1S/C10H16N2OS/c1-7-4-5-14-9(7)6-12(3)10(13)8(2)11/h4-5,8H,6,11H2,1-3H3/t8-/m1/s1. The van der Waals surface area contributed by atoms with E-state index in [2.05, 4.69) is 13.0 Å². The number of hydrogen-bond acceptors (Lipinski definition) is 3. The Bertz CT molecular complexity index is 320. The molecule has 0 unspecified atom stereocenters. The molecule has 14 heavy (non-hydrogen) atoms. The molecule has 0 aromatic carbocycles. The summed E-state index contributed by atoms with van der Waals surface area (Å²) in [5.41, 5.74) is 6.75. The summed E-state index contributed by atoms with van der Waals surface area (Å²) >= 11 is 1.67. The smallest absolute Gasteiger partial charge is 0.239 e. The lowest BCUT2D eigenvalue weighted by Gasteiger charge is -2.18. The number of carbonyl (C=O) groups is 1. The summed E-state index contributed by atoms with van der Waals surface area (Å²) in [5.74, 6) is -0.0159. The molecule has 1 heterocycles. The van der Waals surface area contributed by atoms with E-state index in [1.54, 1.807) is 30.2 Å². The third-order valence-electron chi connectivity index (χ3n) is 2.11. The van der Waals surface area contributed by atoms with Crippen molar-refractivity contribution in [2.24, 2.45) is 5.73 Å². The summed E-state index contributed by atoms with van der Waals surface area (Å²) in [5, 5.41) is 2.04. The Balaban J connectivity index is 2.62. The van der Waals surface area contributed by atoms with Crippen molar-refractivity contribution in [2.75, 3.05) is 7.05 Å². The molecule has 0 spiro atoms. The number of carbonyl (C=O) groups excluding carboxylic acids is 1. The zero-order chi connectivity index (χ0) is 10.7. The van der Waals surface area contributed by atoms with Crippen LogP contribution in [0.1, 0.15) is 17.4 Å². The molecule has 2 N–H and O–H groups in total. The highest BCUT2D eigenvalue weighted by molar-refractivity contribution is 7.10. The van der Waals surface area contributed by atoms with Crippen LogP contribution in [0.2, 0.25) is 0 Å². The van der Waals surface area contributed by atoms with E-state index in [9.17, 15) is 4.79 Å². The molecule has 0 fully saturated rings. The minimum absolute atomic E-state index is 0.0159. The van der Waals surface area contributed by atoms with Crippen LogP contribution in [0.4, 0.5) is 0 Å². The molecule has 0 aliphatic rings. The molecule has 1 aromatic heterocycles. The molecule has 0 radical (unpaired) electrons. The zero-order valence-corrected chi connectivity index (χ0v) is 9.60. The van der Waals surface area contributed by atoms with Gasteiger partial charge in [0.25, 0.3) is 0 Å². The molecule has 78 valence electrons. The number of nitrogens with zero attached hydrogens (tertiary/aromatic N) is 1. The van der Waals surface area contributed by atoms with Gasteiger partial charge < -0.3 is 10.6 Å². The van der Waals surface area contributed by atoms with Crippen molar-refractivity contribution in [2.45, 2.75) is 26.4 Å². The summed E-state index contributed by atoms with van der Waals surface area (Å²) in [6.45, 7) is 4.42. The van der Waals surface area contributed by atoms with Crippen LogP contribution in [0.5, 0.6) is 0 Å². The van der Waals surface area contributed by atoms with Crippen LogP contribution in [0.3, 0.4) is 0 Å². The molecule has 0 saturated heterocycles. The first-order chi connectivity index (χ1) is 6.52. The van der Waals surface area contributed by atoms with E-state index in [-0.39, 0.29) is 5.91 Å². The molecule has 0 aliphatic heterocycles. The average molecular weight is 212 g/mol. The fourth-order valence-electron chi connectivity index (χ4n) is 1.21. The van der Waals surface area contributed by atoms with Gasteiger partial charge in [-0.3, -0.25) is 4.79 Å². The number of aryl methyl sites for hydroxylation is 1. The van der Waals surface area contributed by atoms with Crippen molar-refractivity contribution >= 4 is 17.2 Å². The molecule has 0 bridgehead atoms. The maximum absolute atomic E-state index is 11.5. The van der Waals surface area contributed by atoms with Gasteiger partial charge in [-0.25, -0.2) is 0 Å². The third kappa shape index (κ3) is 2.56. The average Bonchev–Trinajstić information content (AvgIpc) is 2.50. The number of nitrogens with two attached hydrogens (primary N) is 1. The van der Waals surface area contributed by atoms with E-state index in [0.717, 1.165) is 0 Å². The highest BCUT2D eigenvalue weighted by Gasteiger charge is 2.14. The Morgan fingerprint density at radius 2 is 2.36 bits per heavy atom. The Morgan fingerprint density at radius 3 is 2.79 bits per heavy atom. The topological polar surface area (TPSA) is 46.3 Å². The van der Waals surface area contributed by atoms with Gasteiger partial charge in [0.2, 0.25) is 5.91 Å². The lowest BCUT2D eigenvalue weighted by Crippen LogP contribution is -2.39. The number of thiophene rings is 1. The normalized spacial score (nSPS) is 12.6. The second-order valence-corrected chi connectivity index (χ2v) is 4.51. The molecule has 3 nitrogen and oxygen atoms in total. The van der Waals surface area contributed by atoms with E-state index in [0.29, 0.717) is 6.54 Å². The first kappa shape index (κ1) is 11.2. The Kier molecular flexibility index (Phi) is 3.66. The molecular formula is C10H16N2OS. The van der Waals surface area contributed by atoms with Gasteiger partial charge >= 0.3 is 0 Å². The van der Waals surface area contributed by atoms with Gasteiger partial charge in [-0.15, -0.1) is 11.3 Å². The van der Waals surface area contributed by atoms with Crippen molar-refractivity contribution < 1.29 is 4.79 Å². The molecule has 1 atom stereocenters. The molecule has 0 saturated carbocycles. The summed E-state index contributed by atoms with van der Waals surface area (Å²) < 4.78 is 0. The van der Waals surface area contributed by atoms with Crippen molar-refractivity contribution in [1.82, 2.24) is 4.90 Å². The Hall–Kier alpha value is -0.870. The van der Waals surface area contributed by atoms with Gasteiger partial charge in [0, 0.05) is 11.9 Å². The van der Waals surface area contributed by atoms with Crippen molar-refractivity contribution in [1.29, 1.82) is 0 Å². The van der Waals surface area contributed by atoms with Crippen molar-refractivity contribution in [3.05, 3.63) is 21.9 Å². The van der Waals surface area contributed by atoms with Crippen LogP contribution >= 0.6 is 11.3 Å². The molecule has 1 amide bonds. The quantitative estimate of drug-likeness (QED) is 0.822. The van der Waals surface area contributed by atoms with Crippen LogP contribution in [-0.2, 0) is 11.3 Å². The van der Waals surface area contributed by atoms with Crippen molar-refractivity contribution in [3.8, 4) is 0 Å². The second-order valence-electron chi connectivity index (χ2n) is 3.51. The van der Waals surface area contributed by atoms with E-state index in [1.165, 1.54) is 10.4 Å². The van der Waals surface area contributed by atoms with Crippen LogP contribution in [0, 0.1) is 6.92 Å². The summed E-state index contributed by atoms with van der Waals surface area (Å²) in [6, 6.07) is 1.64. The summed E-state index contributed by atoms with van der Waals surface area (Å²) in [7, 11) is 1.78. The summed E-state index contributed by atoms with van der Waals surface area (Å²) in [4.78, 5) is 14.4. The molecular weight excluding hydrogens is 196 g/mol. The predicted molar refractivity (Wildman–Crippen MR) is 59.2 cm³/mol. The van der Waals surface area contributed by atoms with Gasteiger partial charge in [0.15, 0.2) is 0 Å². The minimum Gasteiger partial charge on any atom is -0.339 e. The van der Waals surface area contributed by atoms with Crippen LogP contribution < -0.4 is 5.73 Å². The molecule has 4 heteroatoms. The predicted octanol–water partition coefficient (Wildman–Crippen LogP) is 1.36. The van der Waals surface area contributed by atoms with E-state index in [1.807, 2.05) is 5.38 Å². The molecule has 1 aromatic rings. The first-order valence-electron chi connectivity index (χ1n) is 4.56. The van der Waals surface area contributed by atoms with E-state index >= 15 is 0 Å². The van der Waals surface area contributed by atoms with Crippen LogP contribution in [0.25, 0.3) is 0 Å². The fourth-order valence-corrected chi connectivity index (χ4v) is 2.17. The van der Waals surface area contributed by atoms with Gasteiger partial charge in [0.1, 0.15) is 0 Å². The van der Waals surface area contributed by atoms with Crippen LogP contribution in [-0.4, -0.2) is 23.9 Å². The molecule has 0 aliphatic carbocycles. The van der Waals surface area contributed by atoms with Crippen molar-refractivity contribution in [3.63, 3.8) is 0 Å². The first-order valence-corrected chi connectivity index (χ1v) is 5.44. The highest BCUT2D eigenvalue weighted by Crippen LogP contribution is 2.17. The highest BCUT2D eigenvalue weighted by atomic mass is 32.1. The maximum atomic E-state index is 11.5. The number of hydrogen-bond donors (Lipinski definition) is 1. The molecule has 1 rings (SSSR count). The third-order valence-corrected chi connectivity index (χ3v) is 3.12. The SMILES string of the molecule is Cc1ccsc1CN(C)C(=O)[C@@H](C)N. The lowest BCUT2D eigenvalue weighted by atomic mass is 10.2. The van der Waals surface area contributed by atoms with E-state index in [4.69, 9.17) is 5.73 Å². The van der Waals surface area contributed by atoms with Gasteiger partial charge in [0.05, 0.1) is 12.6 Å². The Morgan fingerprint density at radius 1 is 1.71 bits per heavy atom. The Labute approximate surface area is 88.5 Å². The monoisotopic (exact) mass is 212 g/mol.